The maximum absolute atomic E-state index is 8.74. The Morgan fingerprint density at radius 3 is 2.76 bits per heavy atom. The maximum Gasteiger partial charge on any atom is 0.0994 e. The second-order valence-electron chi connectivity index (χ2n) is 4.84. The van der Waals surface area contributed by atoms with Crippen LogP contribution in [0.3, 0.4) is 0 Å². The zero-order chi connectivity index (χ0) is 12.1. The van der Waals surface area contributed by atoms with Gasteiger partial charge in [-0.2, -0.15) is 0 Å². The van der Waals surface area contributed by atoms with Gasteiger partial charge in [0.1, 0.15) is 0 Å². The highest BCUT2D eigenvalue weighted by Crippen LogP contribution is 2.33. The topological polar surface area (TPSA) is 77.0 Å². The van der Waals surface area contributed by atoms with Crippen molar-refractivity contribution >= 4 is 0 Å². The van der Waals surface area contributed by atoms with Crippen LogP contribution in [0.15, 0.2) is 0 Å². The number of unbranched alkanes of at least 4 members (excludes halogenated alkanes) is 2. The molecule has 2 rings (SSSR count). The van der Waals surface area contributed by atoms with Crippen LogP contribution in [0.4, 0.5) is 0 Å². The van der Waals surface area contributed by atoms with E-state index in [4.69, 9.17) is 10.8 Å². The van der Waals surface area contributed by atoms with Crippen molar-refractivity contribution in [2.24, 2.45) is 11.7 Å². The van der Waals surface area contributed by atoms with Gasteiger partial charge in [-0.05, 0) is 44.4 Å². The Kier molecular flexibility index (Phi) is 4.50. The lowest BCUT2D eigenvalue weighted by atomic mass is 10.1. The molecule has 0 spiro atoms. The molecule has 5 nitrogen and oxygen atoms in total. The van der Waals surface area contributed by atoms with E-state index >= 15 is 0 Å². The molecule has 0 aromatic carbocycles. The first-order valence-electron chi connectivity index (χ1n) is 6.57. The van der Waals surface area contributed by atoms with Crippen LogP contribution in [0.1, 0.15) is 43.5 Å². The first kappa shape index (κ1) is 12.5. The third-order valence-corrected chi connectivity index (χ3v) is 3.32. The smallest absolute Gasteiger partial charge is 0.0994 e. The van der Waals surface area contributed by atoms with Gasteiger partial charge in [0, 0.05) is 19.7 Å². The average Bonchev–Trinajstić information content (AvgIpc) is 3.07. The Hall–Kier alpha value is -0.940. The summed E-state index contributed by atoms with van der Waals surface area (Å²) in [7, 11) is 0. The predicted molar refractivity (Wildman–Crippen MR) is 65.3 cm³/mol. The van der Waals surface area contributed by atoms with Gasteiger partial charge in [-0.15, -0.1) is 5.10 Å². The summed E-state index contributed by atoms with van der Waals surface area (Å²) >= 11 is 0. The van der Waals surface area contributed by atoms with Crippen molar-refractivity contribution in [2.45, 2.75) is 51.6 Å². The molecule has 1 aromatic rings. The van der Waals surface area contributed by atoms with Gasteiger partial charge >= 0.3 is 0 Å². The quantitative estimate of drug-likeness (QED) is 0.658. The molecule has 0 radical (unpaired) electrons. The Morgan fingerprint density at radius 2 is 2.12 bits per heavy atom. The predicted octanol–water partition coefficient (Wildman–Crippen LogP) is 0.852. The minimum Gasteiger partial charge on any atom is -0.396 e. The second-order valence-corrected chi connectivity index (χ2v) is 4.84. The van der Waals surface area contributed by atoms with E-state index in [1.807, 2.05) is 4.68 Å². The number of nitrogens with zero attached hydrogens (tertiary/aromatic N) is 3. The Labute approximate surface area is 102 Å². The number of aliphatic hydroxyl groups is 1. The minimum absolute atomic E-state index is 0.278. The van der Waals surface area contributed by atoms with Gasteiger partial charge in [0.25, 0.3) is 0 Å². The summed E-state index contributed by atoms with van der Waals surface area (Å²) in [5.74, 6) is 0.829. The monoisotopic (exact) mass is 238 g/mol. The maximum atomic E-state index is 8.74. The van der Waals surface area contributed by atoms with Gasteiger partial charge in [0.05, 0.1) is 11.4 Å². The molecule has 1 aromatic heterocycles. The molecule has 0 bridgehead atoms. The minimum atomic E-state index is 0.278. The first-order valence-corrected chi connectivity index (χ1v) is 6.57. The van der Waals surface area contributed by atoms with Gasteiger partial charge in [0.15, 0.2) is 0 Å². The number of nitrogens with two attached hydrogens (primary N) is 1. The van der Waals surface area contributed by atoms with Gasteiger partial charge in [-0.1, -0.05) is 5.21 Å². The van der Waals surface area contributed by atoms with Crippen molar-refractivity contribution in [1.29, 1.82) is 0 Å². The second kappa shape index (κ2) is 6.12. The Morgan fingerprint density at radius 1 is 1.29 bits per heavy atom. The Bertz CT molecular complexity index is 346. The van der Waals surface area contributed by atoms with Gasteiger partial charge in [-0.3, -0.25) is 0 Å². The summed E-state index contributed by atoms with van der Waals surface area (Å²) in [5.41, 5.74) is 7.88. The SMILES string of the molecule is NCc1nnn(CCCCCO)c1CC1CC1. The lowest BCUT2D eigenvalue weighted by molar-refractivity contribution is 0.281. The molecular weight excluding hydrogens is 216 g/mol. The largest absolute Gasteiger partial charge is 0.396 e. The molecule has 1 aliphatic rings. The molecule has 1 aliphatic carbocycles. The molecule has 96 valence electrons. The fraction of sp³-hybridized carbons (Fsp3) is 0.833. The van der Waals surface area contributed by atoms with Gasteiger partial charge in [-0.25, -0.2) is 4.68 Å². The van der Waals surface area contributed by atoms with E-state index in [0.29, 0.717) is 6.54 Å². The number of rotatable bonds is 8. The van der Waals surface area contributed by atoms with E-state index in [1.165, 1.54) is 18.5 Å². The van der Waals surface area contributed by atoms with Crippen LogP contribution >= 0.6 is 0 Å². The van der Waals surface area contributed by atoms with Crippen LogP contribution in [0.5, 0.6) is 0 Å². The van der Waals surface area contributed by atoms with Crippen LogP contribution < -0.4 is 5.73 Å². The van der Waals surface area contributed by atoms with E-state index in [1.54, 1.807) is 0 Å². The third-order valence-electron chi connectivity index (χ3n) is 3.32. The highest BCUT2D eigenvalue weighted by molar-refractivity contribution is 5.12. The van der Waals surface area contributed by atoms with Crippen molar-refractivity contribution in [3.05, 3.63) is 11.4 Å². The fourth-order valence-electron chi connectivity index (χ4n) is 2.08. The molecule has 0 amide bonds. The highest BCUT2D eigenvalue weighted by atomic mass is 16.2. The van der Waals surface area contributed by atoms with E-state index in [9.17, 15) is 0 Å². The van der Waals surface area contributed by atoms with Crippen molar-refractivity contribution in [1.82, 2.24) is 15.0 Å². The van der Waals surface area contributed by atoms with E-state index < -0.39 is 0 Å². The van der Waals surface area contributed by atoms with Crippen molar-refractivity contribution in [2.75, 3.05) is 6.61 Å². The molecule has 1 heterocycles. The van der Waals surface area contributed by atoms with E-state index in [2.05, 4.69) is 10.3 Å². The molecule has 5 heteroatoms. The molecule has 0 aliphatic heterocycles. The molecule has 0 atom stereocenters. The summed E-state index contributed by atoms with van der Waals surface area (Å²) in [6.45, 7) is 1.66. The zero-order valence-corrected chi connectivity index (χ0v) is 10.3. The zero-order valence-electron chi connectivity index (χ0n) is 10.3. The first-order chi connectivity index (χ1) is 8.35. The van der Waals surface area contributed by atoms with Crippen LogP contribution in [0, 0.1) is 5.92 Å². The van der Waals surface area contributed by atoms with Crippen LogP contribution in [0.2, 0.25) is 0 Å². The summed E-state index contributed by atoms with van der Waals surface area (Å²) < 4.78 is 2.01. The van der Waals surface area contributed by atoms with Crippen molar-refractivity contribution < 1.29 is 5.11 Å². The van der Waals surface area contributed by atoms with Crippen LogP contribution in [-0.4, -0.2) is 26.7 Å². The lowest BCUT2D eigenvalue weighted by Crippen LogP contribution is -2.09. The standard InChI is InChI=1S/C12H22N4O/c13-9-11-12(8-10-4-5-10)16(15-14-11)6-2-1-3-7-17/h10,17H,1-9,13H2. The average molecular weight is 238 g/mol. The molecule has 1 saturated carbocycles. The fourth-order valence-corrected chi connectivity index (χ4v) is 2.08. The Balaban J connectivity index is 1.91. The number of hydrogen-bond acceptors (Lipinski definition) is 4. The van der Waals surface area contributed by atoms with Gasteiger partial charge < -0.3 is 10.8 Å². The van der Waals surface area contributed by atoms with Crippen molar-refractivity contribution in [3.8, 4) is 0 Å². The van der Waals surface area contributed by atoms with E-state index in [0.717, 1.165) is 43.8 Å². The third kappa shape index (κ3) is 3.51. The molecule has 1 fully saturated rings. The summed E-state index contributed by atoms with van der Waals surface area (Å²) in [4.78, 5) is 0. The molecule has 3 N–H and O–H groups in total. The summed E-state index contributed by atoms with van der Waals surface area (Å²) in [5, 5.41) is 17.1. The van der Waals surface area contributed by atoms with Crippen LogP contribution in [0.25, 0.3) is 0 Å². The van der Waals surface area contributed by atoms with Gasteiger partial charge in [0.2, 0.25) is 0 Å². The normalized spacial score (nSPS) is 15.4. The molecule has 0 unspecified atom stereocenters. The van der Waals surface area contributed by atoms with Crippen LogP contribution in [-0.2, 0) is 19.5 Å². The number of aliphatic hydroxyl groups excluding tert-OH is 1. The number of aryl methyl sites for hydroxylation is 1. The number of hydrogen-bond donors (Lipinski definition) is 2. The summed E-state index contributed by atoms with van der Waals surface area (Å²) in [6.07, 6.45) is 6.71. The summed E-state index contributed by atoms with van der Waals surface area (Å²) in [6, 6.07) is 0. The van der Waals surface area contributed by atoms with E-state index in [-0.39, 0.29) is 6.61 Å². The highest BCUT2D eigenvalue weighted by Gasteiger charge is 2.25. The molecular formula is C12H22N4O. The molecule has 17 heavy (non-hydrogen) atoms. The lowest BCUT2D eigenvalue weighted by Gasteiger charge is -2.06. The number of aromatic nitrogens is 3. The molecule has 0 saturated heterocycles. The van der Waals surface area contributed by atoms with Crippen molar-refractivity contribution in [3.63, 3.8) is 0 Å².